The average Bonchev–Trinajstić information content (AvgIpc) is 2.99. The van der Waals surface area contributed by atoms with Gasteiger partial charge in [0.15, 0.2) is 0 Å². The lowest BCUT2D eigenvalue weighted by Crippen LogP contribution is -2.28. The molecule has 0 atom stereocenters. The monoisotopic (exact) mass is 286 g/mol. The second kappa shape index (κ2) is 8.71. The van der Waals surface area contributed by atoms with E-state index in [4.69, 9.17) is 10.5 Å². The van der Waals surface area contributed by atoms with Crippen molar-refractivity contribution >= 4 is 0 Å². The van der Waals surface area contributed by atoms with Crippen LogP contribution in [0.3, 0.4) is 0 Å². The third kappa shape index (κ3) is 5.79. The molecule has 1 fully saturated rings. The highest BCUT2D eigenvalue weighted by atomic mass is 16.5. The number of likely N-dealkylation sites (N-methyl/N-ethyl adjacent to an activating group) is 1. The SMILES string of the molecule is CN(CCOc1ccc(C#CCN)cc1)CC1CCCC1. The minimum absolute atomic E-state index is 0.394. The molecule has 0 spiro atoms. The molecule has 1 aliphatic carbocycles. The summed E-state index contributed by atoms with van der Waals surface area (Å²) in [6.07, 6.45) is 5.62. The zero-order chi connectivity index (χ0) is 14.9. The summed E-state index contributed by atoms with van der Waals surface area (Å²) in [5.41, 5.74) is 6.33. The molecule has 1 saturated carbocycles. The van der Waals surface area contributed by atoms with Crippen LogP contribution in [0.25, 0.3) is 0 Å². The summed E-state index contributed by atoms with van der Waals surface area (Å²) in [6, 6.07) is 7.88. The van der Waals surface area contributed by atoms with Gasteiger partial charge >= 0.3 is 0 Å². The summed E-state index contributed by atoms with van der Waals surface area (Å²) in [6.45, 7) is 3.31. The molecule has 0 aliphatic heterocycles. The molecule has 1 aromatic carbocycles. The van der Waals surface area contributed by atoms with Crippen molar-refractivity contribution in [1.82, 2.24) is 4.90 Å². The Kier molecular flexibility index (Phi) is 6.59. The highest BCUT2D eigenvalue weighted by Crippen LogP contribution is 2.25. The lowest BCUT2D eigenvalue weighted by molar-refractivity contribution is 0.215. The van der Waals surface area contributed by atoms with Crippen molar-refractivity contribution in [3.63, 3.8) is 0 Å². The van der Waals surface area contributed by atoms with Crippen LogP contribution in [0, 0.1) is 17.8 Å². The van der Waals surface area contributed by atoms with Crippen LogP contribution in [0.15, 0.2) is 24.3 Å². The van der Waals surface area contributed by atoms with Gasteiger partial charge in [-0.15, -0.1) is 0 Å². The number of ether oxygens (including phenoxy) is 1. The van der Waals surface area contributed by atoms with E-state index in [9.17, 15) is 0 Å². The molecule has 114 valence electrons. The minimum Gasteiger partial charge on any atom is -0.492 e. The van der Waals surface area contributed by atoms with Crippen molar-refractivity contribution in [2.45, 2.75) is 25.7 Å². The van der Waals surface area contributed by atoms with E-state index in [1.165, 1.54) is 32.2 Å². The van der Waals surface area contributed by atoms with Gasteiger partial charge in [0, 0.05) is 18.7 Å². The number of nitrogens with two attached hydrogens (primary N) is 1. The number of nitrogens with zero attached hydrogens (tertiary/aromatic N) is 1. The van der Waals surface area contributed by atoms with Crippen molar-refractivity contribution in [3.05, 3.63) is 29.8 Å². The molecule has 1 aliphatic rings. The van der Waals surface area contributed by atoms with E-state index < -0.39 is 0 Å². The molecule has 0 saturated heterocycles. The maximum Gasteiger partial charge on any atom is 0.119 e. The van der Waals surface area contributed by atoms with Crippen LogP contribution >= 0.6 is 0 Å². The van der Waals surface area contributed by atoms with Crippen LogP contribution in [0.2, 0.25) is 0 Å². The Morgan fingerprint density at radius 2 is 1.95 bits per heavy atom. The Labute approximate surface area is 128 Å². The molecule has 21 heavy (non-hydrogen) atoms. The van der Waals surface area contributed by atoms with Gasteiger partial charge in [0.25, 0.3) is 0 Å². The standard InChI is InChI=1S/C18H26N2O/c1-20(15-17-5-2-3-6-17)13-14-21-18-10-8-16(9-11-18)7-4-12-19/h8-11,17H,2-3,5-6,12-15,19H2,1H3. The summed E-state index contributed by atoms with van der Waals surface area (Å²) in [5, 5.41) is 0. The van der Waals surface area contributed by atoms with Gasteiger partial charge in [-0.2, -0.15) is 0 Å². The molecular formula is C18H26N2O. The molecule has 1 aromatic rings. The average molecular weight is 286 g/mol. The van der Waals surface area contributed by atoms with Crippen molar-refractivity contribution < 1.29 is 4.74 Å². The number of rotatable bonds is 6. The molecule has 0 unspecified atom stereocenters. The van der Waals surface area contributed by atoms with Crippen LogP contribution < -0.4 is 10.5 Å². The summed E-state index contributed by atoms with van der Waals surface area (Å²) in [7, 11) is 2.19. The highest BCUT2D eigenvalue weighted by Gasteiger charge is 2.16. The maximum atomic E-state index is 5.79. The van der Waals surface area contributed by atoms with Gasteiger partial charge in [0.05, 0.1) is 6.54 Å². The molecule has 0 heterocycles. The molecule has 3 heteroatoms. The van der Waals surface area contributed by atoms with Crippen LogP contribution in [-0.4, -0.2) is 38.2 Å². The first kappa shape index (κ1) is 15.9. The first-order chi connectivity index (χ1) is 10.3. The largest absolute Gasteiger partial charge is 0.492 e. The molecule has 0 bridgehead atoms. The third-order valence-electron chi connectivity index (χ3n) is 3.98. The first-order valence-electron chi connectivity index (χ1n) is 7.88. The Morgan fingerprint density at radius 1 is 1.24 bits per heavy atom. The van der Waals surface area contributed by atoms with E-state index in [2.05, 4.69) is 23.8 Å². The Morgan fingerprint density at radius 3 is 2.62 bits per heavy atom. The molecule has 2 N–H and O–H groups in total. The second-order valence-electron chi connectivity index (χ2n) is 5.79. The van der Waals surface area contributed by atoms with Crippen LogP contribution in [0.5, 0.6) is 5.75 Å². The van der Waals surface area contributed by atoms with Gasteiger partial charge in [0.1, 0.15) is 12.4 Å². The fourth-order valence-corrected chi connectivity index (χ4v) is 2.83. The summed E-state index contributed by atoms with van der Waals surface area (Å²) >= 11 is 0. The van der Waals surface area contributed by atoms with Gasteiger partial charge < -0.3 is 15.4 Å². The smallest absolute Gasteiger partial charge is 0.119 e. The lowest BCUT2D eigenvalue weighted by atomic mass is 10.1. The quantitative estimate of drug-likeness (QED) is 0.817. The zero-order valence-electron chi connectivity index (χ0n) is 13.0. The van der Waals surface area contributed by atoms with Gasteiger partial charge in [-0.3, -0.25) is 0 Å². The van der Waals surface area contributed by atoms with Gasteiger partial charge in [-0.05, 0) is 50.1 Å². The molecule has 3 nitrogen and oxygen atoms in total. The van der Waals surface area contributed by atoms with Crippen molar-refractivity contribution in [2.75, 3.05) is 33.3 Å². The Balaban J connectivity index is 1.67. The van der Waals surface area contributed by atoms with Crippen molar-refractivity contribution in [1.29, 1.82) is 0 Å². The van der Waals surface area contributed by atoms with E-state index in [0.29, 0.717) is 6.54 Å². The molecule has 2 rings (SSSR count). The summed E-state index contributed by atoms with van der Waals surface area (Å²) < 4.78 is 5.79. The van der Waals surface area contributed by atoms with Crippen LogP contribution in [0.4, 0.5) is 0 Å². The van der Waals surface area contributed by atoms with Crippen LogP contribution in [-0.2, 0) is 0 Å². The van der Waals surface area contributed by atoms with Crippen LogP contribution in [0.1, 0.15) is 31.2 Å². The van der Waals surface area contributed by atoms with Gasteiger partial charge in [-0.25, -0.2) is 0 Å². The maximum absolute atomic E-state index is 5.79. The second-order valence-corrected chi connectivity index (χ2v) is 5.79. The predicted octanol–water partition coefficient (Wildman–Crippen LogP) is 2.50. The van der Waals surface area contributed by atoms with Crippen molar-refractivity contribution in [3.8, 4) is 17.6 Å². The molecule has 0 amide bonds. The minimum atomic E-state index is 0.394. The Hall–Kier alpha value is -1.50. The van der Waals surface area contributed by atoms with E-state index >= 15 is 0 Å². The molecular weight excluding hydrogens is 260 g/mol. The fourth-order valence-electron chi connectivity index (χ4n) is 2.83. The summed E-state index contributed by atoms with van der Waals surface area (Å²) in [4.78, 5) is 2.39. The van der Waals surface area contributed by atoms with E-state index in [1.54, 1.807) is 0 Å². The third-order valence-corrected chi connectivity index (χ3v) is 3.98. The predicted molar refractivity (Wildman–Crippen MR) is 87.3 cm³/mol. The highest BCUT2D eigenvalue weighted by molar-refractivity contribution is 5.38. The Bertz CT molecular complexity index is 466. The molecule has 0 radical (unpaired) electrons. The topological polar surface area (TPSA) is 38.5 Å². The number of benzene rings is 1. The number of hydrogen-bond acceptors (Lipinski definition) is 3. The van der Waals surface area contributed by atoms with E-state index in [-0.39, 0.29) is 0 Å². The van der Waals surface area contributed by atoms with Gasteiger partial charge in [0.2, 0.25) is 0 Å². The fraction of sp³-hybridized carbons (Fsp3) is 0.556. The van der Waals surface area contributed by atoms with E-state index in [0.717, 1.165) is 30.4 Å². The first-order valence-corrected chi connectivity index (χ1v) is 7.88. The summed E-state index contributed by atoms with van der Waals surface area (Å²) in [5.74, 6) is 7.66. The van der Waals surface area contributed by atoms with Crippen molar-refractivity contribution in [2.24, 2.45) is 11.7 Å². The lowest BCUT2D eigenvalue weighted by Gasteiger charge is -2.20. The van der Waals surface area contributed by atoms with E-state index in [1.807, 2.05) is 24.3 Å². The van der Waals surface area contributed by atoms with Gasteiger partial charge in [-0.1, -0.05) is 24.7 Å². The normalized spacial score (nSPS) is 15.0. The molecule has 0 aromatic heterocycles. The zero-order valence-corrected chi connectivity index (χ0v) is 13.0. The number of hydrogen-bond donors (Lipinski definition) is 1.